The molecule has 0 bridgehead atoms. The summed E-state index contributed by atoms with van der Waals surface area (Å²) in [7, 11) is 1.31. The first-order valence-electron chi connectivity index (χ1n) is 5.13. The average Bonchev–Trinajstić information content (AvgIpc) is 2.30. The van der Waals surface area contributed by atoms with Crippen molar-refractivity contribution in [3.05, 3.63) is 29.3 Å². The van der Waals surface area contributed by atoms with Crippen LogP contribution in [0.1, 0.15) is 22.3 Å². The van der Waals surface area contributed by atoms with Crippen LogP contribution in [0.15, 0.2) is 18.2 Å². The number of hydrogen-bond donors (Lipinski definition) is 1. The Balaban J connectivity index is 2.98. The number of carbonyl (C=O) groups excluding carboxylic acids is 2. The molecule has 0 aromatic heterocycles. The predicted octanol–water partition coefficient (Wildman–Crippen LogP) is 2.51. The van der Waals surface area contributed by atoms with Crippen LogP contribution in [0.5, 0.6) is 0 Å². The van der Waals surface area contributed by atoms with E-state index in [9.17, 15) is 9.59 Å². The fourth-order valence-corrected chi connectivity index (χ4v) is 1.70. The number of aryl methyl sites for hydroxylation is 1. The maximum Gasteiger partial charge on any atom is 0.339 e. The van der Waals surface area contributed by atoms with Crippen molar-refractivity contribution in [3.63, 3.8) is 0 Å². The number of hydrogen-bond acceptors (Lipinski definition) is 3. The Morgan fingerprint density at radius 2 is 2.12 bits per heavy atom. The van der Waals surface area contributed by atoms with Crippen LogP contribution in [-0.4, -0.2) is 24.3 Å². The van der Waals surface area contributed by atoms with E-state index in [4.69, 9.17) is 0 Å². The number of anilines is 1. The van der Waals surface area contributed by atoms with Crippen molar-refractivity contribution in [2.24, 2.45) is 0 Å². The number of carbonyl (C=O) groups is 2. The molecule has 4 nitrogen and oxygen atoms in total. The van der Waals surface area contributed by atoms with E-state index >= 15 is 0 Å². The van der Waals surface area contributed by atoms with Crippen LogP contribution >= 0.6 is 15.9 Å². The zero-order chi connectivity index (χ0) is 12.8. The third kappa shape index (κ3) is 3.85. The Kier molecular flexibility index (Phi) is 5.15. The molecule has 92 valence electrons. The second-order valence-electron chi connectivity index (χ2n) is 3.53. The first kappa shape index (κ1) is 13.7. The van der Waals surface area contributed by atoms with E-state index in [-0.39, 0.29) is 5.91 Å². The minimum absolute atomic E-state index is 0.143. The number of amides is 1. The van der Waals surface area contributed by atoms with Crippen LogP contribution < -0.4 is 5.32 Å². The standard InChI is InChI=1S/C12H14BrNO3/c1-8-3-4-10(14-11(15)5-6-13)9(7-8)12(16)17-2/h3-4,7H,5-6H2,1-2H3,(H,14,15). The molecule has 0 radical (unpaired) electrons. The van der Waals surface area contributed by atoms with E-state index in [0.717, 1.165) is 5.56 Å². The lowest BCUT2D eigenvalue weighted by atomic mass is 10.1. The van der Waals surface area contributed by atoms with Crippen molar-refractivity contribution in [3.8, 4) is 0 Å². The molecule has 0 saturated carbocycles. The third-order valence-electron chi connectivity index (χ3n) is 2.18. The van der Waals surface area contributed by atoms with E-state index < -0.39 is 5.97 Å². The van der Waals surface area contributed by atoms with Crippen LogP contribution in [0.3, 0.4) is 0 Å². The number of halogens is 1. The van der Waals surface area contributed by atoms with Gasteiger partial charge < -0.3 is 10.1 Å². The number of esters is 1. The highest BCUT2D eigenvalue weighted by molar-refractivity contribution is 9.09. The van der Waals surface area contributed by atoms with Gasteiger partial charge in [-0.15, -0.1) is 0 Å². The summed E-state index contributed by atoms with van der Waals surface area (Å²) in [5.74, 6) is -0.598. The van der Waals surface area contributed by atoms with Gasteiger partial charge in [-0.2, -0.15) is 0 Å². The van der Waals surface area contributed by atoms with Crippen LogP contribution in [0, 0.1) is 6.92 Å². The second-order valence-corrected chi connectivity index (χ2v) is 4.32. The average molecular weight is 300 g/mol. The van der Waals surface area contributed by atoms with E-state index in [1.807, 2.05) is 13.0 Å². The van der Waals surface area contributed by atoms with Crippen molar-refractivity contribution >= 4 is 33.5 Å². The fraction of sp³-hybridized carbons (Fsp3) is 0.333. The molecule has 0 aliphatic heterocycles. The van der Waals surface area contributed by atoms with Crippen LogP contribution in [0.25, 0.3) is 0 Å². The lowest BCUT2D eigenvalue weighted by Gasteiger charge is -2.10. The lowest BCUT2D eigenvalue weighted by Crippen LogP contribution is -2.15. The maximum atomic E-state index is 11.5. The summed E-state index contributed by atoms with van der Waals surface area (Å²) in [6.45, 7) is 1.87. The minimum atomic E-state index is -0.456. The molecule has 1 rings (SSSR count). The molecule has 17 heavy (non-hydrogen) atoms. The monoisotopic (exact) mass is 299 g/mol. The number of rotatable bonds is 4. The molecule has 0 spiro atoms. The van der Waals surface area contributed by atoms with E-state index in [1.54, 1.807) is 12.1 Å². The van der Waals surface area contributed by atoms with Crippen molar-refractivity contribution in [2.75, 3.05) is 17.8 Å². The van der Waals surface area contributed by atoms with Crippen molar-refractivity contribution in [1.82, 2.24) is 0 Å². The number of methoxy groups -OCH3 is 1. The molecule has 0 saturated heterocycles. The topological polar surface area (TPSA) is 55.4 Å². The predicted molar refractivity (Wildman–Crippen MR) is 69.6 cm³/mol. The first-order valence-corrected chi connectivity index (χ1v) is 6.25. The van der Waals surface area contributed by atoms with Gasteiger partial charge in [-0.1, -0.05) is 27.6 Å². The van der Waals surface area contributed by atoms with Crippen LogP contribution in [0.2, 0.25) is 0 Å². The highest BCUT2D eigenvalue weighted by Crippen LogP contribution is 2.18. The van der Waals surface area contributed by atoms with Gasteiger partial charge >= 0.3 is 5.97 Å². The van der Waals surface area contributed by atoms with Gasteiger partial charge in [0.05, 0.1) is 18.4 Å². The summed E-state index contributed by atoms with van der Waals surface area (Å²) in [5.41, 5.74) is 1.78. The zero-order valence-corrected chi connectivity index (χ0v) is 11.3. The normalized spacial score (nSPS) is 9.82. The molecule has 1 N–H and O–H groups in total. The molecule has 1 aromatic rings. The second kappa shape index (κ2) is 6.39. The number of ether oxygens (including phenoxy) is 1. The number of nitrogens with one attached hydrogen (secondary N) is 1. The zero-order valence-electron chi connectivity index (χ0n) is 9.75. The molecule has 0 aliphatic rings. The van der Waals surface area contributed by atoms with E-state index in [1.165, 1.54) is 7.11 Å². The molecular weight excluding hydrogens is 286 g/mol. The molecule has 0 unspecified atom stereocenters. The molecule has 0 aliphatic carbocycles. The summed E-state index contributed by atoms with van der Waals surface area (Å²) in [5, 5.41) is 3.27. The van der Waals surface area contributed by atoms with Crippen LogP contribution in [0.4, 0.5) is 5.69 Å². The molecule has 0 fully saturated rings. The Morgan fingerprint density at radius 1 is 1.41 bits per heavy atom. The Bertz CT molecular complexity index is 432. The summed E-state index contributed by atoms with van der Waals surface area (Å²) in [6.07, 6.45) is 0.356. The molecular formula is C12H14BrNO3. The van der Waals surface area contributed by atoms with Crippen molar-refractivity contribution in [1.29, 1.82) is 0 Å². The Labute approximate surface area is 108 Å². The largest absolute Gasteiger partial charge is 0.465 e. The van der Waals surface area contributed by atoms with Gasteiger partial charge in [-0.05, 0) is 19.1 Å². The SMILES string of the molecule is COC(=O)c1cc(C)ccc1NC(=O)CCBr. The Hall–Kier alpha value is -1.36. The van der Waals surface area contributed by atoms with Gasteiger partial charge in [0, 0.05) is 11.8 Å². The van der Waals surface area contributed by atoms with Gasteiger partial charge in [0.25, 0.3) is 0 Å². The summed E-state index contributed by atoms with van der Waals surface area (Å²) < 4.78 is 4.67. The van der Waals surface area contributed by atoms with Gasteiger partial charge in [0.1, 0.15) is 0 Å². The quantitative estimate of drug-likeness (QED) is 0.686. The van der Waals surface area contributed by atoms with Gasteiger partial charge in [0.15, 0.2) is 0 Å². The molecule has 1 amide bonds. The summed E-state index contributed by atoms with van der Waals surface area (Å²) in [6, 6.07) is 5.22. The highest BCUT2D eigenvalue weighted by Gasteiger charge is 2.13. The lowest BCUT2D eigenvalue weighted by molar-refractivity contribution is -0.115. The minimum Gasteiger partial charge on any atom is -0.465 e. The van der Waals surface area contributed by atoms with Crippen LogP contribution in [-0.2, 0) is 9.53 Å². The molecule has 0 atom stereocenters. The molecule has 0 heterocycles. The van der Waals surface area contributed by atoms with E-state index in [0.29, 0.717) is 23.0 Å². The smallest absolute Gasteiger partial charge is 0.339 e. The Morgan fingerprint density at radius 3 is 2.71 bits per heavy atom. The summed E-state index contributed by atoms with van der Waals surface area (Å²) >= 11 is 3.18. The van der Waals surface area contributed by atoms with Crippen molar-refractivity contribution < 1.29 is 14.3 Å². The first-order chi connectivity index (χ1) is 8.08. The molecule has 5 heteroatoms. The molecule has 1 aromatic carbocycles. The number of benzene rings is 1. The van der Waals surface area contributed by atoms with Crippen molar-refractivity contribution in [2.45, 2.75) is 13.3 Å². The fourth-order valence-electron chi connectivity index (χ4n) is 1.34. The van der Waals surface area contributed by atoms with Gasteiger partial charge in [-0.3, -0.25) is 4.79 Å². The maximum absolute atomic E-state index is 11.5. The highest BCUT2D eigenvalue weighted by atomic mass is 79.9. The third-order valence-corrected chi connectivity index (χ3v) is 2.57. The van der Waals surface area contributed by atoms with E-state index in [2.05, 4.69) is 26.0 Å². The summed E-state index contributed by atoms with van der Waals surface area (Å²) in [4.78, 5) is 23.0. The van der Waals surface area contributed by atoms with Gasteiger partial charge in [0.2, 0.25) is 5.91 Å². The van der Waals surface area contributed by atoms with Gasteiger partial charge in [-0.25, -0.2) is 4.79 Å². The number of alkyl halides is 1.